The normalized spacial score (nSPS) is 10.4. The number of hydrogen-bond donors (Lipinski definition) is 0. The Morgan fingerprint density at radius 1 is 0.533 bits per heavy atom. The van der Waals surface area contributed by atoms with E-state index in [0.717, 1.165) is 5.56 Å². The van der Waals surface area contributed by atoms with Crippen molar-refractivity contribution in [2.24, 2.45) is 0 Å². The summed E-state index contributed by atoms with van der Waals surface area (Å²) in [6, 6.07) is 43.3. The molecule has 0 bridgehead atoms. The lowest BCUT2D eigenvalue weighted by Gasteiger charge is -2.25. The molecule has 0 aliphatic carbocycles. The van der Waals surface area contributed by atoms with Crippen LogP contribution in [0.5, 0.6) is 0 Å². The topological polar surface area (TPSA) is 23.8 Å². The van der Waals surface area contributed by atoms with Gasteiger partial charge in [-0.1, -0.05) is 127 Å². The summed E-state index contributed by atoms with van der Waals surface area (Å²) in [7, 11) is 0. The fraction of sp³-hybridized carbons (Fsp3) is 0. The molecular weight excluding hydrogens is 381 g/mol. The number of nitrogens with zero attached hydrogens (tertiary/aromatic N) is 1. The van der Waals surface area contributed by atoms with E-state index in [1.165, 1.54) is 15.9 Å². The van der Waals surface area contributed by atoms with E-state index in [1.54, 1.807) is 0 Å². The molecule has 0 aliphatic heterocycles. The minimum Gasteiger partial charge on any atom is -0.192 e. The van der Waals surface area contributed by atoms with Crippen molar-refractivity contribution in [1.82, 2.24) is 0 Å². The molecule has 0 spiro atoms. The van der Waals surface area contributed by atoms with E-state index in [1.807, 2.05) is 48.5 Å². The van der Waals surface area contributed by atoms with E-state index in [9.17, 15) is 5.26 Å². The SMILES string of the molecule is N#CC(=C=C=P(c1ccccc1)(c1ccccc1)c1ccccc1)c1ccccc1. The number of rotatable bonds is 4. The lowest BCUT2D eigenvalue weighted by atomic mass is 10.1. The van der Waals surface area contributed by atoms with Gasteiger partial charge in [0.05, 0.1) is 0 Å². The molecule has 4 rings (SSSR count). The van der Waals surface area contributed by atoms with Gasteiger partial charge in [-0.05, 0) is 21.6 Å². The molecule has 0 fully saturated rings. The molecule has 0 saturated carbocycles. The van der Waals surface area contributed by atoms with Crippen LogP contribution in [0.1, 0.15) is 5.56 Å². The zero-order valence-electron chi connectivity index (χ0n) is 16.4. The number of benzene rings is 4. The summed E-state index contributed by atoms with van der Waals surface area (Å²) in [5.74, 6) is 0. The largest absolute Gasteiger partial charge is 0.192 e. The van der Waals surface area contributed by atoms with Gasteiger partial charge in [-0.15, -0.1) is 0 Å². The molecular formula is C28H20NP. The van der Waals surface area contributed by atoms with E-state index in [0.29, 0.717) is 5.57 Å². The number of nitriles is 1. The van der Waals surface area contributed by atoms with Crippen LogP contribution < -0.4 is 15.9 Å². The van der Waals surface area contributed by atoms with Gasteiger partial charge >= 0.3 is 0 Å². The van der Waals surface area contributed by atoms with E-state index in [2.05, 4.69) is 90.0 Å². The molecule has 30 heavy (non-hydrogen) atoms. The van der Waals surface area contributed by atoms with Crippen LogP contribution in [-0.4, -0.2) is 5.45 Å². The van der Waals surface area contributed by atoms with Crippen molar-refractivity contribution in [3.05, 3.63) is 133 Å². The highest BCUT2D eigenvalue weighted by molar-refractivity contribution is 7.94. The first-order valence-corrected chi connectivity index (χ1v) is 11.5. The van der Waals surface area contributed by atoms with Crippen LogP contribution in [0.2, 0.25) is 0 Å². The Balaban J connectivity index is 2.20. The summed E-state index contributed by atoms with van der Waals surface area (Å²) in [5, 5.41) is 13.4. The highest BCUT2D eigenvalue weighted by Crippen LogP contribution is 2.42. The van der Waals surface area contributed by atoms with E-state index in [-0.39, 0.29) is 0 Å². The maximum Gasteiger partial charge on any atom is 0.109 e. The summed E-state index contributed by atoms with van der Waals surface area (Å²) in [6.07, 6.45) is 0. The van der Waals surface area contributed by atoms with Gasteiger partial charge in [0.1, 0.15) is 11.6 Å². The summed E-state index contributed by atoms with van der Waals surface area (Å²) in [5.41, 5.74) is 8.25. The Morgan fingerprint density at radius 2 is 0.900 bits per heavy atom. The standard InChI is InChI=1S/C28H20NP/c29-23-25(24-13-5-1-6-14-24)21-22-30(26-15-7-2-8-16-26,27-17-9-3-10-18-27)28-19-11-4-12-20-28/h1-20H. The summed E-state index contributed by atoms with van der Waals surface area (Å²) < 4.78 is 0. The molecule has 0 unspecified atom stereocenters. The van der Waals surface area contributed by atoms with Crippen LogP contribution in [0.15, 0.2) is 127 Å². The van der Waals surface area contributed by atoms with E-state index in [4.69, 9.17) is 0 Å². The third kappa shape index (κ3) is 3.86. The average Bonchev–Trinajstić information content (AvgIpc) is 2.84. The van der Waals surface area contributed by atoms with Crippen LogP contribution in [0.25, 0.3) is 5.57 Å². The van der Waals surface area contributed by atoms with Gasteiger partial charge in [0, 0.05) is 12.4 Å². The molecule has 0 radical (unpaired) electrons. The van der Waals surface area contributed by atoms with Crippen molar-refractivity contribution in [2.45, 2.75) is 0 Å². The van der Waals surface area contributed by atoms with Crippen molar-refractivity contribution in [1.29, 1.82) is 5.26 Å². The van der Waals surface area contributed by atoms with Crippen LogP contribution in [0.4, 0.5) is 0 Å². The van der Waals surface area contributed by atoms with Crippen molar-refractivity contribution < 1.29 is 0 Å². The Hall–Kier alpha value is -3.77. The van der Waals surface area contributed by atoms with Gasteiger partial charge in [0.15, 0.2) is 0 Å². The van der Waals surface area contributed by atoms with Crippen LogP contribution in [0.3, 0.4) is 0 Å². The second-order valence-corrected chi connectivity index (χ2v) is 9.88. The van der Waals surface area contributed by atoms with Gasteiger partial charge < -0.3 is 0 Å². The fourth-order valence-electron chi connectivity index (χ4n) is 3.50. The first-order valence-electron chi connectivity index (χ1n) is 9.76. The Kier molecular flexibility index (Phi) is 5.96. The molecule has 0 saturated heterocycles. The maximum absolute atomic E-state index is 9.81. The van der Waals surface area contributed by atoms with Gasteiger partial charge in [0.2, 0.25) is 0 Å². The van der Waals surface area contributed by atoms with E-state index >= 15 is 0 Å². The molecule has 4 aromatic carbocycles. The van der Waals surface area contributed by atoms with Crippen LogP contribution in [0, 0.1) is 11.3 Å². The summed E-state index contributed by atoms with van der Waals surface area (Å²) >= 11 is 0. The zero-order valence-corrected chi connectivity index (χ0v) is 17.3. The Bertz CT molecular complexity index is 1190. The van der Waals surface area contributed by atoms with Gasteiger partial charge in [-0.25, -0.2) is 0 Å². The first kappa shape index (κ1) is 19.5. The lowest BCUT2D eigenvalue weighted by Crippen LogP contribution is -2.25. The van der Waals surface area contributed by atoms with E-state index < -0.39 is 6.89 Å². The minimum atomic E-state index is -2.27. The Labute approximate surface area is 177 Å². The molecule has 2 heteroatoms. The predicted octanol–water partition coefficient (Wildman–Crippen LogP) is 5.14. The molecule has 0 N–H and O–H groups in total. The third-order valence-electron chi connectivity index (χ3n) is 4.95. The molecule has 0 amide bonds. The fourth-order valence-corrected chi connectivity index (χ4v) is 6.92. The van der Waals surface area contributed by atoms with Crippen molar-refractivity contribution in [3.8, 4) is 6.07 Å². The number of hydrogen-bond acceptors (Lipinski definition) is 1. The molecule has 0 atom stereocenters. The van der Waals surface area contributed by atoms with Gasteiger partial charge in [0.25, 0.3) is 0 Å². The maximum atomic E-state index is 9.81. The molecule has 0 aromatic heterocycles. The molecule has 0 aliphatic rings. The number of allylic oxidation sites excluding steroid dienone is 1. The monoisotopic (exact) mass is 401 g/mol. The lowest BCUT2D eigenvalue weighted by molar-refractivity contribution is 1.52. The van der Waals surface area contributed by atoms with Crippen LogP contribution >= 0.6 is 6.89 Å². The van der Waals surface area contributed by atoms with Crippen molar-refractivity contribution in [2.75, 3.05) is 0 Å². The highest BCUT2D eigenvalue weighted by Gasteiger charge is 2.24. The quantitative estimate of drug-likeness (QED) is 0.264. The van der Waals surface area contributed by atoms with Gasteiger partial charge in [-0.2, -0.15) is 5.26 Å². The second-order valence-electron chi connectivity index (χ2n) is 6.77. The first-order chi connectivity index (χ1) is 14.8. The molecule has 0 heterocycles. The minimum absolute atomic E-state index is 0.489. The predicted molar refractivity (Wildman–Crippen MR) is 129 cm³/mol. The molecule has 142 valence electrons. The summed E-state index contributed by atoms with van der Waals surface area (Å²) in [6.45, 7) is -2.27. The average molecular weight is 401 g/mol. The second kappa shape index (κ2) is 9.15. The highest BCUT2D eigenvalue weighted by atomic mass is 31.2. The summed E-state index contributed by atoms with van der Waals surface area (Å²) in [4.78, 5) is 0. The third-order valence-corrected chi connectivity index (χ3v) is 8.62. The van der Waals surface area contributed by atoms with Gasteiger partial charge in [-0.3, -0.25) is 0 Å². The molecule has 1 nitrogen and oxygen atoms in total. The van der Waals surface area contributed by atoms with Crippen LogP contribution in [-0.2, 0) is 0 Å². The Morgan fingerprint density at radius 3 is 1.27 bits per heavy atom. The smallest absolute Gasteiger partial charge is 0.109 e. The van der Waals surface area contributed by atoms with Crippen molar-refractivity contribution >= 4 is 33.8 Å². The van der Waals surface area contributed by atoms with Crippen molar-refractivity contribution in [3.63, 3.8) is 0 Å². The zero-order chi connectivity index (χ0) is 20.7. The molecule has 4 aromatic rings.